The van der Waals surface area contributed by atoms with Crippen LogP contribution < -0.4 is 10.6 Å². The van der Waals surface area contributed by atoms with Crippen LogP contribution in [0.5, 0.6) is 0 Å². The highest BCUT2D eigenvalue weighted by atomic mass is 127. The summed E-state index contributed by atoms with van der Waals surface area (Å²) in [7, 11) is 1.77. The van der Waals surface area contributed by atoms with E-state index in [4.69, 9.17) is 11.6 Å². The summed E-state index contributed by atoms with van der Waals surface area (Å²) in [4.78, 5) is 9.92. The van der Waals surface area contributed by atoms with Crippen LogP contribution in [-0.2, 0) is 19.4 Å². The molecule has 126 valence electrons. The maximum absolute atomic E-state index is 5.88. The maximum atomic E-state index is 5.88. The van der Waals surface area contributed by atoms with Gasteiger partial charge >= 0.3 is 0 Å². The van der Waals surface area contributed by atoms with Crippen molar-refractivity contribution in [3.05, 3.63) is 50.9 Å². The average Bonchev–Trinajstić information content (AvgIpc) is 3.00. The number of hydrogen-bond donors (Lipinski definition) is 2. The number of guanidine groups is 1. The Labute approximate surface area is 163 Å². The first-order valence-corrected chi connectivity index (χ1v) is 8.53. The van der Waals surface area contributed by atoms with Crippen molar-refractivity contribution in [1.29, 1.82) is 0 Å². The molecule has 0 aliphatic heterocycles. The van der Waals surface area contributed by atoms with Crippen LogP contribution in [0.15, 0.2) is 35.5 Å². The van der Waals surface area contributed by atoms with E-state index in [2.05, 4.69) is 27.5 Å². The van der Waals surface area contributed by atoms with Crippen LogP contribution in [0.1, 0.15) is 22.4 Å². The van der Waals surface area contributed by atoms with Gasteiger partial charge in [-0.2, -0.15) is 0 Å². The number of aromatic nitrogens is 1. The molecule has 0 saturated heterocycles. The third-order valence-corrected chi connectivity index (χ3v) is 4.59. The quantitative estimate of drug-likeness (QED) is 0.387. The second-order valence-electron chi connectivity index (χ2n) is 4.80. The Kier molecular flexibility index (Phi) is 9.50. The largest absolute Gasteiger partial charge is 0.356 e. The number of aliphatic imine (C=N–C) groups is 1. The number of benzene rings is 1. The highest BCUT2D eigenvalue weighted by Gasteiger charge is 2.02. The molecule has 0 saturated carbocycles. The van der Waals surface area contributed by atoms with E-state index in [0.717, 1.165) is 35.4 Å². The number of aryl methyl sites for hydroxylation is 1. The molecule has 1 heterocycles. The van der Waals surface area contributed by atoms with Crippen molar-refractivity contribution < 1.29 is 0 Å². The van der Waals surface area contributed by atoms with Gasteiger partial charge in [-0.15, -0.1) is 35.3 Å². The molecule has 7 heteroatoms. The highest BCUT2D eigenvalue weighted by Crippen LogP contribution is 2.12. The van der Waals surface area contributed by atoms with Crippen LogP contribution in [0.3, 0.4) is 0 Å². The Hall–Kier alpha value is -0.860. The van der Waals surface area contributed by atoms with Crippen molar-refractivity contribution in [2.24, 2.45) is 4.99 Å². The lowest BCUT2D eigenvalue weighted by molar-refractivity contribution is 0.791. The number of thiazole rings is 1. The van der Waals surface area contributed by atoms with Gasteiger partial charge in [-0.3, -0.25) is 4.99 Å². The lowest BCUT2D eigenvalue weighted by Gasteiger charge is -2.10. The van der Waals surface area contributed by atoms with Crippen molar-refractivity contribution in [3.8, 4) is 0 Å². The summed E-state index contributed by atoms with van der Waals surface area (Å²) in [6, 6.07) is 7.92. The Morgan fingerprint density at radius 3 is 2.61 bits per heavy atom. The predicted octanol–water partition coefficient (Wildman–Crippen LogP) is 3.88. The van der Waals surface area contributed by atoms with E-state index in [1.54, 1.807) is 18.4 Å². The van der Waals surface area contributed by atoms with E-state index in [0.29, 0.717) is 6.54 Å². The van der Waals surface area contributed by atoms with Gasteiger partial charge < -0.3 is 10.6 Å². The zero-order valence-corrected chi connectivity index (χ0v) is 17.2. The van der Waals surface area contributed by atoms with Crippen LogP contribution >= 0.6 is 46.9 Å². The first-order valence-electron chi connectivity index (χ1n) is 7.33. The van der Waals surface area contributed by atoms with Crippen molar-refractivity contribution in [1.82, 2.24) is 15.6 Å². The Morgan fingerprint density at radius 2 is 2.00 bits per heavy atom. The standard InChI is InChI=1S/C16H21ClN4S.HI/c1-3-14-10-20-15(22-14)11-21-16(18-2)19-9-8-12-4-6-13(17)7-5-12;/h4-7,10H,3,8-9,11H2,1-2H3,(H2,18,19,21);1H. The predicted molar refractivity (Wildman–Crippen MR) is 110 cm³/mol. The molecule has 2 N–H and O–H groups in total. The second-order valence-corrected chi connectivity index (χ2v) is 6.44. The Morgan fingerprint density at radius 1 is 1.26 bits per heavy atom. The molecule has 0 radical (unpaired) electrons. The summed E-state index contributed by atoms with van der Waals surface area (Å²) in [5.41, 5.74) is 1.25. The molecule has 0 atom stereocenters. The van der Waals surface area contributed by atoms with Crippen LogP contribution in [0.2, 0.25) is 5.02 Å². The molecule has 0 spiro atoms. The normalized spacial score (nSPS) is 11.0. The smallest absolute Gasteiger partial charge is 0.191 e. The lowest BCUT2D eigenvalue weighted by Crippen LogP contribution is -2.37. The van der Waals surface area contributed by atoms with Gasteiger partial charge in [-0.05, 0) is 30.5 Å². The molecular weight excluding hydrogens is 443 g/mol. The monoisotopic (exact) mass is 464 g/mol. The molecule has 0 bridgehead atoms. The van der Waals surface area contributed by atoms with Crippen LogP contribution in [0.25, 0.3) is 0 Å². The summed E-state index contributed by atoms with van der Waals surface area (Å²) in [5, 5.41) is 8.44. The van der Waals surface area contributed by atoms with Gasteiger partial charge in [0.2, 0.25) is 0 Å². The first kappa shape index (κ1) is 20.2. The van der Waals surface area contributed by atoms with Crippen molar-refractivity contribution in [3.63, 3.8) is 0 Å². The summed E-state index contributed by atoms with van der Waals surface area (Å²) in [5.74, 6) is 0.794. The number of nitrogens with zero attached hydrogens (tertiary/aromatic N) is 2. The average molecular weight is 465 g/mol. The topological polar surface area (TPSA) is 49.3 Å². The minimum atomic E-state index is 0. The van der Waals surface area contributed by atoms with Crippen molar-refractivity contribution in [2.75, 3.05) is 13.6 Å². The first-order chi connectivity index (χ1) is 10.7. The van der Waals surface area contributed by atoms with E-state index in [-0.39, 0.29) is 24.0 Å². The fraction of sp³-hybridized carbons (Fsp3) is 0.375. The van der Waals surface area contributed by atoms with E-state index in [1.807, 2.05) is 30.5 Å². The van der Waals surface area contributed by atoms with E-state index >= 15 is 0 Å². The van der Waals surface area contributed by atoms with E-state index in [1.165, 1.54) is 10.4 Å². The van der Waals surface area contributed by atoms with Gasteiger partial charge in [-0.1, -0.05) is 30.7 Å². The van der Waals surface area contributed by atoms with Crippen LogP contribution in [-0.4, -0.2) is 24.5 Å². The van der Waals surface area contributed by atoms with Gasteiger partial charge in [0.1, 0.15) is 5.01 Å². The molecule has 0 fully saturated rings. The Balaban J connectivity index is 0.00000264. The fourth-order valence-corrected chi connectivity index (χ4v) is 2.88. The van der Waals surface area contributed by atoms with E-state index in [9.17, 15) is 0 Å². The molecule has 0 aliphatic rings. The molecule has 23 heavy (non-hydrogen) atoms. The number of halogens is 2. The molecular formula is C16H22ClIN4S. The molecule has 0 amide bonds. The molecule has 4 nitrogen and oxygen atoms in total. The molecule has 2 aromatic rings. The lowest BCUT2D eigenvalue weighted by atomic mass is 10.1. The van der Waals surface area contributed by atoms with E-state index < -0.39 is 0 Å². The van der Waals surface area contributed by atoms with Gasteiger partial charge in [0.25, 0.3) is 0 Å². The number of hydrogen-bond acceptors (Lipinski definition) is 3. The van der Waals surface area contributed by atoms with Gasteiger partial charge in [-0.25, -0.2) is 4.98 Å². The molecule has 1 aromatic heterocycles. The fourth-order valence-electron chi connectivity index (χ4n) is 1.95. The number of rotatable bonds is 6. The third-order valence-electron chi connectivity index (χ3n) is 3.20. The van der Waals surface area contributed by atoms with Gasteiger partial charge in [0.15, 0.2) is 5.96 Å². The van der Waals surface area contributed by atoms with Crippen LogP contribution in [0, 0.1) is 0 Å². The minimum Gasteiger partial charge on any atom is -0.356 e. The molecule has 0 aliphatic carbocycles. The Bertz CT molecular complexity index is 613. The van der Waals surface area contributed by atoms with Crippen molar-refractivity contribution >= 4 is 52.9 Å². The summed E-state index contributed by atoms with van der Waals surface area (Å²) in [6.07, 6.45) is 3.90. The summed E-state index contributed by atoms with van der Waals surface area (Å²) < 4.78 is 0. The second kappa shape index (κ2) is 10.8. The van der Waals surface area contributed by atoms with Gasteiger partial charge in [0, 0.05) is 29.7 Å². The number of nitrogens with one attached hydrogen (secondary N) is 2. The molecule has 2 rings (SSSR count). The summed E-state index contributed by atoms with van der Waals surface area (Å²) in [6.45, 7) is 3.66. The third kappa shape index (κ3) is 7.05. The zero-order valence-electron chi connectivity index (χ0n) is 13.3. The summed E-state index contributed by atoms with van der Waals surface area (Å²) >= 11 is 7.62. The highest BCUT2D eigenvalue weighted by molar-refractivity contribution is 14.0. The maximum Gasteiger partial charge on any atom is 0.191 e. The molecule has 1 aromatic carbocycles. The molecule has 0 unspecified atom stereocenters. The van der Waals surface area contributed by atoms with Gasteiger partial charge in [0.05, 0.1) is 6.54 Å². The SMILES string of the molecule is CCc1cnc(CNC(=NC)NCCc2ccc(Cl)cc2)s1.I. The van der Waals surface area contributed by atoms with Crippen LogP contribution in [0.4, 0.5) is 0 Å². The van der Waals surface area contributed by atoms with Crippen molar-refractivity contribution in [2.45, 2.75) is 26.3 Å². The minimum absolute atomic E-state index is 0. The zero-order chi connectivity index (χ0) is 15.8.